The van der Waals surface area contributed by atoms with Gasteiger partial charge in [-0.25, -0.2) is 9.59 Å². The minimum atomic E-state index is -4.55. The van der Waals surface area contributed by atoms with Crippen LogP contribution in [0.3, 0.4) is 0 Å². The van der Waals surface area contributed by atoms with Crippen molar-refractivity contribution in [3.8, 4) is 0 Å². The normalized spacial score (nSPS) is 19.8. The maximum atomic E-state index is 13.3. The van der Waals surface area contributed by atoms with Crippen LogP contribution < -0.4 is 5.32 Å². The monoisotopic (exact) mass is 409 g/mol. The van der Waals surface area contributed by atoms with Gasteiger partial charge in [-0.1, -0.05) is 26.0 Å². The molecular weight excluding hydrogens is 391 g/mol. The quantitative estimate of drug-likeness (QED) is 0.662. The largest absolute Gasteiger partial charge is 0.478 e. The van der Waals surface area contributed by atoms with Gasteiger partial charge in [0, 0.05) is 35.0 Å². The summed E-state index contributed by atoms with van der Waals surface area (Å²) >= 11 is 0. The molecule has 1 aliphatic rings. The van der Waals surface area contributed by atoms with Crippen molar-refractivity contribution in [1.82, 2.24) is 5.32 Å². The number of fused-ring (bicyclic) bond motifs is 1. The van der Waals surface area contributed by atoms with Crippen LogP contribution in [0.5, 0.6) is 0 Å². The lowest BCUT2D eigenvalue weighted by molar-refractivity contribution is -0.136. The Morgan fingerprint density at radius 2 is 1.93 bits per heavy atom. The van der Waals surface area contributed by atoms with Crippen LogP contribution in [0, 0.1) is 5.41 Å². The fraction of sp³-hybridized carbons (Fsp3) is 0.300. The van der Waals surface area contributed by atoms with Crippen molar-refractivity contribution in [3.05, 3.63) is 53.3 Å². The summed E-state index contributed by atoms with van der Waals surface area (Å²) in [5, 5.41) is 21.4. The van der Waals surface area contributed by atoms with E-state index in [0.717, 1.165) is 6.07 Å². The molecular formula is C20H18F3NO5. The Bertz CT molecular complexity index is 1050. The molecule has 1 atom stereocenters. The van der Waals surface area contributed by atoms with E-state index in [1.165, 1.54) is 18.4 Å². The van der Waals surface area contributed by atoms with Gasteiger partial charge in [0.25, 0.3) is 0 Å². The van der Waals surface area contributed by atoms with E-state index in [0.29, 0.717) is 17.2 Å². The molecule has 3 rings (SSSR count). The molecule has 2 heterocycles. The number of furan rings is 1. The third-order valence-corrected chi connectivity index (χ3v) is 5.09. The van der Waals surface area contributed by atoms with Crippen LogP contribution in [0.25, 0.3) is 16.5 Å². The number of alkyl halides is 3. The van der Waals surface area contributed by atoms with Crippen LogP contribution in [-0.4, -0.2) is 34.7 Å². The first-order valence-electron chi connectivity index (χ1n) is 8.64. The summed E-state index contributed by atoms with van der Waals surface area (Å²) in [6.07, 6.45) is -1.02. The van der Waals surface area contributed by atoms with Gasteiger partial charge < -0.3 is 19.9 Å². The highest BCUT2D eigenvalue weighted by molar-refractivity contribution is 5.98. The Morgan fingerprint density at radius 1 is 1.24 bits per heavy atom. The average Bonchev–Trinajstić information content (AvgIpc) is 3.07. The second-order valence-electron chi connectivity index (χ2n) is 7.25. The molecule has 1 aromatic heterocycles. The highest BCUT2D eigenvalue weighted by atomic mass is 19.4. The van der Waals surface area contributed by atoms with Crippen molar-refractivity contribution in [1.29, 1.82) is 0 Å². The summed E-state index contributed by atoms with van der Waals surface area (Å²) in [4.78, 5) is 22.7. The molecule has 29 heavy (non-hydrogen) atoms. The van der Waals surface area contributed by atoms with E-state index >= 15 is 0 Å². The van der Waals surface area contributed by atoms with Gasteiger partial charge in [-0.05, 0) is 17.7 Å². The van der Waals surface area contributed by atoms with Gasteiger partial charge in [-0.15, -0.1) is 0 Å². The highest BCUT2D eigenvalue weighted by Crippen LogP contribution is 2.46. The van der Waals surface area contributed by atoms with Crippen LogP contribution in [0.1, 0.15) is 25.0 Å². The van der Waals surface area contributed by atoms with Gasteiger partial charge in [0.1, 0.15) is 5.58 Å². The number of hydrogen-bond acceptors (Lipinski definition) is 4. The number of aliphatic carboxylic acids is 2. The summed E-state index contributed by atoms with van der Waals surface area (Å²) < 4.78 is 45.3. The van der Waals surface area contributed by atoms with Crippen LogP contribution in [-0.2, 0) is 15.8 Å². The third kappa shape index (κ3) is 3.65. The van der Waals surface area contributed by atoms with Gasteiger partial charge >= 0.3 is 18.1 Å². The van der Waals surface area contributed by atoms with Gasteiger partial charge in [0.2, 0.25) is 0 Å². The first-order chi connectivity index (χ1) is 13.4. The number of rotatable bonds is 4. The number of benzene rings is 1. The minimum absolute atomic E-state index is 0.0406. The first-order valence-corrected chi connectivity index (χ1v) is 8.64. The maximum Gasteiger partial charge on any atom is 0.417 e. The molecule has 0 saturated heterocycles. The molecule has 1 aromatic carbocycles. The van der Waals surface area contributed by atoms with Crippen molar-refractivity contribution < 1.29 is 37.4 Å². The van der Waals surface area contributed by atoms with Crippen LogP contribution in [0.15, 0.2) is 46.6 Å². The second-order valence-corrected chi connectivity index (χ2v) is 7.25. The highest BCUT2D eigenvalue weighted by Gasteiger charge is 2.42. The van der Waals surface area contributed by atoms with E-state index in [9.17, 15) is 27.9 Å². The van der Waals surface area contributed by atoms with Crippen LogP contribution in [0.4, 0.5) is 13.2 Å². The predicted octanol–water partition coefficient (Wildman–Crippen LogP) is 3.93. The number of carboxylic acids is 2. The van der Waals surface area contributed by atoms with Crippen molar-refractivity contribution >= 4 is 28.5 Å². The summed E-state index contributed by atoms with van der Waals surface area (Å²) in [5.74, 6) is -2.80. The van der Waals surface area contributed by atoms with Crippen LogP contribution in [0.2, 0.25) is 0 Å². The molecule has 6 nitrogen and oxygen atoms in total. The van der Waals surface area contributed by atoms with E-state index < -0.39 is 35.1 Å². The van der Waals surface area contributed by atoms with Crippen molar-refractivity contribution in [2.75, 3.05) is 6.54 Å². The molecule has 2 aromatic rings. The van der Waals surface area contributed by atoms with E-state index in [2.05, 4.69) is 5.32 Å². The Labute approximate surface area is 163 Å². The summed E-state index contributed by atoms with van der Waals surface area (Å²) in [5.41, 5.74) is -1.14. The third-order valence-electron chi connectivity index (χ3n) is 5.09. The van der Waals surface area contributed by atoms with Crippen molar-refractivity contribution in [2.45, 2.75) is 26.1 Å². The molecule has 0 saturated carbocycles. The average molecular weight is 409 g/mol. The van der Waals surface area contributed by atoms with E-state index in [-0.39, 0.29) is 23.1 Å². The minimum Gasteiger partial charge on any atom is -0.478 e. The molecule has 0 radical (unpaired) electrons. The molecule has 9 heteroatoms. The number of nitrogens with one attached hydrogen (secondary N) is 1. The van der Waals surface area contributed by atoms with E-state index in [4.69, 9.17) is 9.52 Å². The van der Waals surface area contributed by atoms with E-state index in [1.54, 1.807) is 19.9 Å². The zero-order chi connectivity index (χ0) is 21.6. The van der Waals surface area contributed by atoms with Gasteiger partial charge in [0.15, 0.2) is 0 Å². The molecule has 1 aliphatic heterocycles. The lowest BCUT2D eigenvalue weighted by Crippen LogP contribution is -2.49. The Morgan fingerprint density at radius 3 is 2.52 bits per heavy atom. The summed E-state index contributed by atoms with van der Waals surface area (Å²) in [6, 6.07) is 2.61. The van der Waals surface area contributed by atoms with Crippen molar-refractivity contribution in [3.63, 3.8) is 0 Å². The van der Waals surface area contributed by atoms with Crippen molar-refractivity contribution in [2.24, 2.45) is 5.41 Å². The number of hydrogen-bond donors (Lipinski definition) is 3. The molecule has 0 amide bonds. The second kappa shape index (κ2) is 7.07. The zero-order valence-corrected chi connectivity index (χ0v) is 15.5. The predicted molar refractivity (Wildman–Crippen MR) is 98.1 cm³/mol. The first kappa shape index (κ1) is 20.7. The Hall–Kier alpha value is -3.07. The molecule has 0 fully saturated rings. The van der Waals surface area contributed by atoms with Gasteiger partial charge in [-0.3, -0.25) is 0 Å². The summed E-state index contributed by atoms with van der Waals surface area (Å²) in [7, 11) is 0. The van der Waals surface area contributed by atoms with Gasteiger partial charge in [-0.2, -0.15) is 13.2 Å². The fourth-order valence-corrected chi connectivity index (χ4v) is 3.83. The lowest BCUT2D eigenvalue weighted by Gasteiger charge is -2.41. The molecule has 0 bridgehead atoms. The number of carboxylic acid groups (broad SMARTS) is 2. The Balaban J connectivity index is 2.15. The molecule has 0 spiro atoms. The number of halogens is 3. The maximum absolute atomic E-state index is 13.3. The lowest BCUT2D eigenvalue weighted by atomic mass is 9.69. The zero-order valence-electron chi connectivity index (χ0n) is 15.5. The smallest absolute Gasteiger partial charge is 0.417 e. The topological polar surface area (TPSA) is 99.8 Å². The summed E-state index contributed by atoms with van der Waals surface area (Å²) in [6.45, 7) is 3.60. The fourth-order valence-electron chi connectivity index (χ4n) is 3.83. The SMILES string of the molecule is CC1(C)C(c2ccc(C(F)(F)F)c3ccoc23)=CCNC1/C(=C\C(=O)O)C(=O)O. The molecule has 1 unspecified atom stereocenters. The standard InChI is InChI=1S/C20H18F3NO5/c1-19(2)13(5-7-24-17(19)12(18(27)28)9-15(25)26)10-3-4-14(20(21,22)23)11-6-8-29-16(10)11/h3-6,8-9,17,24H,7H2,1-2H3,(H,25,26)(H,27,28)/b12-9+. The molecule has 0 aliphatic carbocycles. The Kier molecular flexibility index (Phi) is 5.04. The van der Waals surface area contributed by atoms with E-state index in [1.807, 2.05) is 0 Å². The van der Waals surface area contributed by atoms with Gasteiger partial charge in [0.05, 0.1) is 17.4 Å². The molecule has 154 valence electrons. The molecule has 3 N–H and O–H groups in total. The number of carbonyl (C=O) groups is 2. The van der Waals surface area contributed by atoms with Crippen LogP contribution >= 0.6 is 0 Å².